The van der Waals surface area contributed by atoms with Crippen molar-refractivity contribution in [3.8, 4) is 11.5 Å². The van der Waals surface area contributed by atoms with Crippen LogP contribution in [0.25, 0.3) is 5.76 Å². The van der Waals surface area contributed by atoms with E-state index >= 15 is 0 Å². The summed E-state index contributed by atoms with van der Waals surface area (Å²) in [6.45, 7) is 10.6. The van der Waals surface area contributed by atoms with E-state index in [0.29, 0.717) is 36.6 Å². The van der Waals surface area contributed by atoms with Gasteiger partial charge >= 0.3 is 0 Å². The van der Waals surface area contributed by atoms with Gasteiger partial charge in [0, 0.05) is 18.7 Å². The zero-order valence-electron chi connectivity index (χ0n) is 19.0. The Bertz CT molecular complexity index is 1020. The average molecular weight is 451 g/mol. The Kier molecular flexibility index (Phi) is 7.90. The van der Waals surface area contributed by atoms with E-state index in [4.69, 9.17) is 4.74 Å². The van der Waals surface area contributed by atoms with Crippen LogP contribution in [-0.2, 0) is 9.59 Å². The van der Waals surface area contributed by atoms with Crippen LogP contribution in [0.2, 0.25) is 0 Å². The SMILES string of the molecule is C=CCOc1ccc(/C(O)=C2\C(=O)C(=O)N(CCN(CC)CC)C2c2ccc(O)cc2)cc1. The van der Waals surface area contributed by atoms with Crippen molar-refractivity contribution >= 4 is 17.4 Å². The Morgan fingerprint density at radius 3 is 2.30 bits per heavy atom. The highest BCUT2D eigenvalue weighted by atomic mass is 16.5. The van der Waals surface area contributed by atoms with Crippen molar-refractivity contribution in [3.05, 3.63) is 77.9 Å². The Morgan fingerprint density at radius 1 is 1.09 bits per heavy atom. The van der Waals surface area contributed by atoms with Crippen LogP contribution >= 0.6 is 0 Å². The number of carbonyl (C=O) groups excluding carboxylic acids is 2. The highest BCUT2D eigenvalue weighted by Gasteiger charge is 2.45. The normalized spacial score (nSPS) is 17.5. The number of hydrogen-bond acceptors (Lipinski definition) is 6. The molecule has 7 heteroatoms. The third-order valence-electron chi connectivity index (χ3n) is 5.80. The van der Waals surface area contributed by atoms with Gasteiger partial charge < -0.3 is 24.7 Å². The summed E-state index contributed by atoms with van der Waals surface area (Å²) < 4.78 is 5.47. The molecule has 0 radical (unpaired) electrons. The quantitative estimate of drug-likeness (QED) is 0.248. The predicted octanol–water partition coefficient (Wildman–Crippen LogP) is 3.72. The third kappa shape index (κ3) is 5.26. The number of carbonyl (C=O) groups is 2. The van der Waals surface area contributed by atoms with E-state index in [1.165, 1.54) is 17.0 Å². The van der Waals surface area contributed by atoms with Crippen molar-refractivity contribution in [1.29, 1.82) is 0 Å². The first kappa shape index (κ1) is 24.1. The van der Waals surface area contributed by atoms with Gasteiger partial charge in [-0.25, -0.2) is 0 Å². The number of likely N-dealkylation sites (N-methyl/N-ethyl adjacent to an activating group) is 1. The zero-order chi connectivity index (χ0) is 24.0. The van der Waals surface area contributed by atoms with Crippen molar-refractivity contribution in [1.82, 2.24) is 9.80 Å². The first-order chi connectivity index (χ1) is 15.9. The number of aliphatic hydroxyl groups is 1. The molecule has 0 spiro atoms. The number of phenolic OH excluding ortho intramolecular Hbond substituents is 1. The Hall–Kier alpha value is -3.58. The first-order valence-corrected chi connectivity index (χ1v) is 11.0. The molecular weight excluding hydrogens is 420 g/mol. The fourth-order valence-electron chi connectivity index (χ4n) is 3.92. The minimum Gasteiger partial charge on any atom is -0.508 e. The standard InChI is InChI=1S/C26H30N2O5/c1-4-17-33-21-13-9-19(10-14-21)24(30)22-23(18-7-11-20(29)12-8-18)28(26(32)25(22)31)16-15-27(5-2)6-3/h4,7-14,23,29-30H,1,5-6,15-17H2,2-3H3/b24-22+. The first-order valence-electron chi connectivity index (χ1n) is 11.0. The maximum absolute atomic E-state index is 13.1. The lowest BCUT2D eigenvalue weighted by molar-refractivity contribution is -0.140. The van der Waals surface area contributed by atoms with Gasteiger partial charge in [0.1, 0.15) is 23.9 Å². The van der Waals surface area contributed by atoms with Crippen LogP contribution in [0.4, 0.5) is 0 Å². The van der Waals surface area contributed by atoms with Gasteiger partial charge in [0.2, 0.25) is 0 Å². The summed E-state index contributed by atoms with van der Waals surface area (Å²) in [6.07, 6.45) is 1.63. The molecule has 0 aliphatic carbocycles. The smallest absolute Gasteiger partial charge is 0.295 e. The van der Waals surface area contributed by atoms with E-state index in [1.54, 1.807) is 42.5 Å². The van der Waals surface area contributed by atoms with Crippen LogP contribution in [0.1, 0.15) is 31.0 Å². The van der Waals surface area contributed by atoms with Crippen LogP contribution in [0.3, 0.4) is 0 Å². The number of amides is 1. The number of nitrogens with zero attached hydrogens (tertiary/aromatic N) is 2. The van der Waals surface area contributed by atoms with E-state index in [-0.39, 0.29) is 17.1 Å². The molecule has 1 amide bonds. The maximum atomic E-state index is 13.1. The molecule has 1 unspecified atom stereocenters. The van der Waals surface area contributed by atoms with Crippen LogP contribution in [0, 0.1) is 0 Å². The Balaban J connectivity index is 2.03. The van der Waals surface area contributed by atoms with Gasteiger partial charge in [-0.3, -0.25) is 9.59 Å². The van der Waals surface area contributed by atoms with Gasteiger partial charge in [0.15, 0.2) is 0 Å². The molecule has 174 valence electrons. The summed E-state index contributed by atoms with van der Waals surface area (Å²) in [5, 5.41) is 20.8. The second-order valence-electron chi connectivity index (χ2n) is 7.73. The molecule has 3 rings (SSSR count). The van der Waals surface area contributed by atoms with Crippen molar-refractivity contribution in [2.45, 2.75) is 19.9 Å². The summed E-state index contributed by atoms with van der Waals surface area (Å²) in [5.74, 6) is -0.938. The van der Waals surface area contributed by atoms with Crippen LogP contribution < -0.4 is 4.74 Å². The van der Waals surface area contributed by atoms with Crippen LogP contribution in [0.5, 0.6) is 11.5 Å². The molecule has 0 bridgehead atoms. The van der Waals surface area contributed by atoms with Crippen molar-refractivity contribution in [2.75, 3.05) is 32.8 Å². The second-order valence-corrected chi connectivity index (χ2v) is 7.73. The monoisotopic (exact) mass is 450 g/mol. The number of likely N-dealkylation sites (tertiary alicyclic amines) is 1. The van der Waals surface area contributed by atoms with Crippen molar-refractivity contribution in [3.63, 3.8) is 0 Å². The summed E-state index contributed by atoms with van der Waals surface area (Å²) in [5.41, 5.74) is 1.08. The lowest BCUT2D eigenvalue weighted by atomic mass is 9.95. The molecule has 1 aliphatic rings. The molecule has 0 saturated carbocycles. The van der Waals surface area contributed by atoms with E-state index in [9.17, 15) is 19.8 Å². The molecule has 1 saturated heterocycles. The third-order valence-corrected chi connectivity index (χ3v) is 5.80. The molecule has 2 aromatic rings. The van der Waals surface area contributed by atoms with E-state index in [1.807, 2.05) is 13.8 Å². The summed E-state index contributed by atoms with van der Waals surface area (Å²) in [4.78, 5) is 29.7. The minimum absolute atomic E-state index is 0.0324. The fourth-order valence-corrected chi connectivity index (χ4v) is 3.92. The molecule has 0 aromatic heterocycles. The largest absolute Gasteiger partial charge is 0.508 e. The lowest BCUT2D eigenvalue weighted by Gasteiger charge is -2.28. The van der Waals surface area contributed by atoms with Gasteiger partial charge in [-0.2, -0.15) is 0 Å². The van der Waals surface area contributed by atoms with Crippen molar-refractivity contribution < 1.29 is 24.5 Å². The van der Waals surface area contributed by atoms with E-state index in [0.717, 1.165) is 13.1 Å². The Morgan fingerprint density at radius 2 is 1.73 bits per heavy atom. The van der Waals surface area contributed by atoms with E-state index in [2.05, 4.69) is 11.5 Å². The summed E-state index contributed by atoms with van der Waals surface area (Å²) in [6, 6.07) is 12.2. The highest BCUT2D eigenvalue weighted by molar-refractivity contribution is 6.46. The second kappa shape index (κ2) is 10.8. The molecule has 1 heterocycles. The molecule has 1 aliphatic heterocycles. The van der Waals surface area contributed by atoms with E-state index < -0.39 is 17.7 Å². The molecule has 1 fully saturated rings. The van der Waals surface area contributed by atoms with Crippen LogP contribution in [0.15, 0.2) is 66.8 Å². The molecule has 2 N–H and O–H groups in total. The summed E-state index contributed by atoms with van der Waals surface area (Å²) in [7, 11) is 0. The number of phenols is 1. The number of rotatable bonds is 10. The highest BCUT2D eigenvalue weighted by Crippen LogP contribution is 2.39. The lowest BCUT2D eigenvalue weighted by Crippen LogP contribution is -2.38. The van der Waals surface area contributed by atoms with Crippen LogP contribution in [-0.4, -0.2) is 64.5 Å². The number of ether oxygens (including phenoxy) is 1. The van der Waals surface area contributed by atoms with Gasteiger partial charge in [-0.15, -0.1) is 0 Å². The molecule has 33 heavy (non-hydrogen) atoms. The minimum atomic E-state index is -0.752. The molecule has 1 atom stereocenters. The number of aromatic hydroxyl groups is 1. The summed E-state index contributed by atoms with van der Waals surface area (Å²) >= 11 is 0. The fraction of sp³-hybridized carbons (Fsp3) is 0.308. The zero-order valence-corrected chi connectivity index (χ0v) is 19.0. The molecular formula is C26H30N2O5. The van der Waals surface area contributed by atoms with Gasteiger partial charge in [-0.1, -0.05) is 38.6 Å². The number of aliphatic hydroxyl groups excluding tert-OH is 1. The maximum Gasteiger partial charge on any atom is 0.295 e. The van der Waals surface area contributed by atoms with Gasteiger partial charge in [0.25, 0.3) is 11.7 Å². The molecule has 7 nitrogen and oxygen atoms in total. The molecule has 2 aromatic carbocycles. The topological polar surface area (TPSA) is 90.3 Å². The number of hydrogen-bond donors (Lipinski definition) is 2. The van der Waals surface area contributed by atoms with Crippen molar-refractivity contribution in [2.24, 2.45) is 0 Å². The van der Waals surface area contributed by atoms with Gasteiger partial charge in [0.05, 0.1) is 11.6 Å². The number of benzene rings is 2. The number of Topliss-reactive ketones (excluding diaryl/α,β-unsaturated/α-hetero) is 1. The van der Waals surface area contributed by atoms with Gasteiger partial charge in [-0.05, 0) is 55.1 Å². The Labute approximate surface area is 194 Å². The number of ketones is 1. The predicted molar refractivity (Wildman–Crippen MR) is 127 cm³/mol. The average Bonchev–Trinajstić information content (AvgIpc) is 3.08.